The second-order valence-corrected chi connectivity index (χ2v) is 8.21. The molecule has 0 amide bonds. The van der Waals surface area contributed by atoms with Gasteiger partial charge in [-0.2, -0.15) is 4.31 Å². The first-order chi connectivity index (χ1) is 13.0. The zero-order valence-electron chi connectivity index (χ0n) is 15.6. The van der Waals surface area contributed by atoms with E-state index in [1.165, 1.54) is 10.5 Å². The number of pyridine rings is 1. The number of morpholine rings is 1. The summed E-state index contributed by atoms with van der Waals surface area (Å²) in [6.07, 6.45) is 2.27. The highest BCUT2D eigenvalue weighted by atomic mass is 32.2. The van der Waals surface area contributed by atoms with Crippen LogP contribution in [0.15, 0.2) is 47.5 Å². The second-order valence-electron chi connectivity index (χ2n) is 6.27. The van der Waals surface area contributed by atoms with E-state index in [1.807, 2.05) is 24.3 Å². The fourth-order valence-corrected chi connectivity index (χ4v) is 4.34. The largest absolute Gasteiger partial charge is 0.497 e. The molecule has 0 aliphatic carbocycles. The molecule has 3 rings (SSSR count). The van der Waals surface area contributed by atoms with Crippen LogP contribution in [0.4, 0.5) is 5.82 Å². The van der Waals surface area contributed by atoms with Crippen molar-refractivity contribution in [2.75, 3.05) is 38.7 Å². The lowest BCUT2D eigenvalue weighted by molar-refractivity contribution is 0.0730. The van der Waals surface area contributed by atoms with Gasteiger partial charge in [-0.15, -0.1) is 0 Å². The summed E-state index contributed by atoms with van der Waals surface area (Å²) in [5.41, 5.74) is 1.12. The summed E-state index contributed by atoms with van der Waals surface area (Å²) in [5.74, 6) is 1.45. The van der Waals surface area contributed by atoms with Crippen molar-refractivity contribution >= 4 is 15.8 Å². The number of ether oxygens (including phenoxy) is 2. The molecule has 146 valence electrons. The summed E-state index contributed by atoms with van der Waals surface area (Å²) in [6, 6.07) is 11.2. The topological polar surface area (TPSA) is 80.8 Å². The predicted octanol–water partition coefficient (Wildman–Crippen LogP) is 2.67. The van der Waals surface area contributed by atoms with Crippen LogP contribution in [-0.4, -0.2) is 51.1 Å². The average Bonchev–Trinajstić information content (AvgIpc) is 2.73. The zero-order chi connectivity index (χ0) is 19.3. The van der Waals surface area contributed by atoms with Gasteiger partial charge in [-0.1, -0.05) is 19.1 Å². The molecular weight excluding hydrogens is 366 g/mol. The van der Waals surface area contributed by atoms with Crippen molar-refractivity contribution in [2.24, 2.45) is 0 Å². The van der Waals surface area contributed by atoms with Crippen molar-refractivity contribution in [2.45, 2.75) is 24.3 Å². The van der Waals surface area contributed by atoms with Gasteiger partial charge >= 0.3 is 0 Å². The Morgan fingerprint density at radius 1 is 1.19 bits per heavy atom. The van der Waals surface area contributed by atoms with E-state index in [4.69, 9.17) is 9.47 Å². The van der Waals surface area contributed by atoms with Gasteiger partial charge < -0.3 is 14.8 Å². The summed E-state index contributed by atoms with van der Waals surface area (Å²) in [6.45, 7) is 3.67. The number of nitrogens with zero attached hydrogens (tertiary/aromatic N) is 2. The molecule has 1 aliphatic rings. The van der Waals surface area contributed by atoms with Gasteiger partial charge in [0, 0.05) is 19.3 Å². The quantitative estimate of drug-likeness (QED) is 0.782. The molecule has 1 aromatic heterocycles. The van der Waals surface area contributed by atoms with Crippen molar-refractivity contribution in [1.29, 1.82) is 0 Å². The molecule has 0 spiro atoms. The Kier molecular flexibility index (Phi) is 6.30. The molecule has 1 aliphatic heterocycles. The van der Waals surface area contributed by atoms with Crippen LogP contribution in [0.2, 0.25) is 0 Å². The summed E-state index contributed by atoms with van der Waals surface area (Å²) >= 11 is 0. The first kappa shape index (κ1) is 19.6. The van der Waals surface area contributed by atoms with E-state index in [0.29, 0.717) is 32.1 Å². The number of hydrogen-bond acceptors (Lipinski definition) is 6. The maximum absolute atomic E-state index is 12.7. The van der Waals surface area contributed by atoms with Crippen molar-refractivity contribution < 1.29 is 17.9 Å². The number of sulfonamides is 1. The van der Waals surface area contributed by atoms with Crippen LogP contribution in [0.5, 0.6) is 5.75 Å². The van der Waals surface area contributed by atoms with Crippen LogP contribution in [0.1, 0.15) is 24.9 Å². The molecule has 7 nitrogen and oxygen atoms in total. The maximum atomic E-state index is 12.7. The van der Waals surface area contributed by atoms with Gasteiger partial charge in [0.05, 0.1) is 26.4 Å². The van der Waals surface area contributed by atoms with Gasteiger partial charge in [-0.05, 0) is 36.2 Å². The normalized spacial score (nSPS) is 16.7. The van der Waals surface area contributed by atoms with Crippen LogP contribution in [0, 0.1) is 0 Å². The molecule has 1 aromatic carbocycles. The number of benzene rings is 1. The number of anilines is 1. The Labute approximate surface area is 160 Å². The Balaban J connectivity index is 1.72. The monoisotopic (exact) mass is 391 g/mol. The second kappa shape index (κ2) is 8.69. The van der Waals surface area contributed by atoms with Crippen molar-refractivity contribution in [3.63, 3.8) is 0 Å². The van der Waals surface area contributed by atoms with Crippen LogP contribution in [0.25, 0.3) is 0 Å². The van der Waals surface area contributed by atoms with E-state index in [-0.39, 0.29) is 10.9 Å². The van der Waals surface area contributed by atoms with E-state index < -0.39 is 10.0 Å². The molecule has 0 radical (unpaired) electrons. The lowest BCUT2D eigenvalue weighted by Gasteiger charge is -2.26. The Hall–Kier alpha value is -2.16. The zero-order valence-corrected chi connectivity index (χ0v) is 16.4. The number of methoxy groups -OCH3 is 1. The molecule has 1 N–H and O–H groups in total. The van der Waals surface area contributed by atoms with Gasteiger partial charge in [0.1, 0.15) is 16.5 Å². The van der Waals surface area contributed by atoms with Gasteiger partial charge in [-0.3, -0.25) is 0 Å². The third-order valence-electron chi connectivity index (χ3n) is 4.59. The molecule has 1 saturated heterocycles. The van der Waals surface area contributed by atoms with Crippen LogP contribution < -0.4 is 10.1 Å². The molecule has 8 heteroatoms. The van der Waals surface area contributed by atoms with Crippen LogP contribution >= 0.6 is 0 Å². The maximum Gasteiger partial charge on any atom is 0.244 e. The Bertz CT molecular complexity index is 832. The Morgan fingerprint density at radius 3 is 2.44 bits per heavy atom. The minimum Gasteiger partial charge on any atom is -0.497 e. The molecule has 27 heavy (non-hydrogen) atoms. The van der Waals surface area contributed by atoms with Crippen LogP contribution in [-0.2, 0) is 14.8 Å². The Morgan fingerprint density at radius 2 is 1.89 bits per heavy atom. The van der Waals surface area contributed by atoms with Crippen molar-refractivity contribution in [3.05, 3.63) is 48.2 Å². The predicted molar refractivity (Wildman–Crippen MR) is 103 cm³/mol. The summed E-state index contributed by atoms with van der Waals surface area (Å²) in [5, 5.41) is 3.36. The molecule has 0 saturated carbocycles. The molecule has 1 fully saturated rings. The standard InChI is InChI=1S/C19H25N3O4S/c1-3-18(15-4-6-16(25-2)7-5-15)21-19-9-8-17(14-20-19)27(23,24)22-10-12-26-13-11-22/h4-9,14,18H,3,10-13H2,1-2H3,(H,20,21)/t18-/m0/s1. The molecule has 1 atom stereocenters. The molecule has 0 unspecified atom stereocenters. The number of nitrogens with one attached hydrogen (secondary N) is 1. The number of aromatic nitrogens is 1. The van der Waals surface area contributed by atoms with Gasteiger partial charge in [0.2, 0.25) is 10.0 Å². The minimum atomic E-state index is -3.52. The lowest BCUT2D eigenvalue weighted by Crippen LogP contribution is -2.40. The van der Waals surface area contributed by atoms with Crippen LogP contribution in [0.3, 0.4) is 0 Å². The lowest BCUT2D eigenvalue weighted by atomic mass is 10.0. The summed E-state index contributed by atoms with van der Waals surface area (Å²) in [4.78, 5) is 4.52. The highest BCUT2D eigenvalue weighted by Gasteiger charge is 2.26. The highest BCUT2D eigenvalue weighted by molar-refractivity contribution is 7.89. The van der Waals surface area contributed by atoms with E-state index in [2.05, 4.69) is 17.2 Å². The fraction of sp³-hybridized carbons (Fsp3) is 0.421. The molecule has 2 heterocycles. The summed E-state index contributed by atoms with van der Waals surface area (Å²) < 4.78 is 37.2. The van der Waals surface area contributed by atoms with E-state index >= 15 is 0 Å². The third-order valence-corrected chi connectivity index (χ3v) is 6.47. The first-order valence-electron chi connectivity index (χ1n) is 8.99. The van der Waals surface area contributed by atoms with E-state index in [0.717, 1.165) is 17.7 Å². The van der Waals surface area contributed by atoms with Crippen molar-refractivity contribution in [1.82, 2.24) is 9.29 Å². The van der Waals surface area contributed by atoms with Gasteiger partial charge in [0.25, 0.3) is 0 Å². The first-order valence-corrected chi connectivity index (χ1v) is 10.4. The van der Waals surface area contributed by atoms with E-state index in [9.17, 15) is 8.42 Å². The SMILES string of the molecule is CC[C@H](Nc1ccc(S(=O)(=O)N2CCOCC2)cn1)c1ccc(OC)cc1. The smallest absolute Gasteiger partial charge is 0.244 e. The van der Waals surface area contributed by atoms with Gasteiger partial charge in [-0.25, -0.2) is 13.4 Å². The van der Waals surface area contributed by atoms with E-state index in [1.54, 1.807) is 19.2 Å². The fourth-order valence-electron chi connectivity index (χ4n) is 2.99. The number of rotatable bonds is 7. The molecule has 2 aromatic rings. The van der Waals surface area contributed by atoms with Crippen molar-refractivity contribution in [3.8, 4) is 5.75 Å². The third kappa shape index (κ3) is 4.58. The minimum absolute atomic E-state index is 0.0742. The molecule has 0 bridgehead atoms. The molecular formula is C19H25N3O4S. The van der Waals surface area contributed by atoms with Gasteiger partial charge in [0.15, 0.2) is 0 Å². The average molecular weight is 391 g/mol. The number of hydrogen-bond donors (Lipinski definition) is 1. The summed E-state index contributed by atoms with van der Waals surface area (Å²) in [7, 11) is -1.88. The highest BCUT2D eigenvalue weighted by Crippen LogP contribution is 2.24.